The van der Waals surface area contributed by atoms with Gasteiger partial charge in [-0.25, -0.2) is 4.79 Å². The van der Waals surface area contributed by atoms with Gasteiger partial charge in [0.2, 0.25) is 5.76 Å². The van der Waals surface area contributed by atoms with Gasteiger partial charge in [-0.15, -0.1) is 0 Å². The molecule has 1 aromatic rings. The summed E-state index contributed by atoms with van der Waals surface area (Å²) in [5.74, 6) is -0.924. The monoisotopic (exact) mass is 238 g/mol. The van der Waals surface area contributed by atoms with Gasteiger partial charge in [-0.3, -0.25) is 4.90 Å². The van der Waals surface area contributed by atoms with Crippen LogP contribution in [0.15, 0.2) is 16.7 Å². The Kier molecular flexibility index (Phi) is 3.49. The first-order valence-corrected chi connectivity index (χ1v) is 5.76. The van der Waals surface area contributed by atoms with E-state index in [1.165, 1.54) is 6.26 Å². The molecule has 17 heavy (non-hydrogen) atoms. The highest BCUT2D eigenvalue weighted by Gasteiger charge is 2.25. The molecule has 5 nitrogen and oxygen atoms in total. The molecule has 0 aromatic carbocycles. The normalized spacial score (nSPS) is 21.2. The average molecular weight is 238 g/mol. The molecule has 0 radical (unpaired) electrons. The first-order chi connectivity index (χ1) is 8.08. The third-order valence-electron chi connectivity index (χ3n) is 3.31. The number of hydrogen-bond acceptors (Lipinski definition) is 4. The highest BCUT2D eigenvalue weighted by molar-refractivity contribution is 5.86. The van der Waals surface area contributed by atoms with Crippen LogP contribution in [0.3, 0.4) is 0 Å². The minimum absolute atomic E-state index is 0.0679. The Labute approximate surface area is 101 Å². The van der Waals surface area contributed by atoms with E-state index in [4.69, 9.17) is 9.52 Å². The number of carbonyl (C=O) groups is 1. The van der Waals surface area contributed by atoms with Crippen LogP contribution in [0.1, 0.15) is 22.5 Å². The number of likely N-dealkylation sites (N-methyl/N-ethyl adjacent to an activating group) is 1. The molecule has 94 valence electrons. The van der Waals surface area contributed by atoms with Crippen LogP contribution in [0.5, 0.6) is 0 Å². The van der Waals surface area contributed by atoms with Crippen LogP contribution < -0.4 is 0 Å². The quantitative estimate of drug-likeness (QED) is 0.851. The average Bonchev–Trinajstić information content (AvgIpc) is 2.86. The van der Waals surface area contributed by atoms with Gasteiger partial charge in [-0.1, -0.05) is 0 Å². The summed E-state index contributed by atoms with van der Waals surface area (Å²) < 4.78 is 4.97. The van der Waals surface area contributed by atoms with E-state index < -0.39 is 5.97 Å². The van der Waals surface area contributed by atoms with Gasteiger partial charge < -0.3 is 14.4 Å². The molecule has 1 aliphatic heterocycles. The summed E-state index contributed by atoms with van der Waals surface area (Å²) in [5.41, 5.74) is 0.761. The van der Waals surface area contributed by atoms with Crippen molar-refractivity contribution in [3.05, 3.63) is 23.7 Å². The fraction of sp³-hybridized carbons (Fsp3) is 0.583. The molecule has 0 aliphatic carbocycles. The van der Waals surface area contributed by atoms with Gasteiger partial charge in [0, 0.05) is 31.2 Å². The van der Waals surface area contributed by atoms with Crippen molar-refractivity contribution in [3.8, 4) is 0 Å². The second-order valence-corrected chi connectivity index (χ2v) is 4.72. The van der Waals surface area contributed by atoms with Crippen molar-refractivity contribution < 1.29 is 14.3 Å². The van der Waals surface area contributed by atoms with Crippen LogP contribution >= 0.6 is 0 Å². The Morgan fingerprint density at radius 3 is 3.00 bits per heavy atom. The van der Waals surface area contributed by atoms with Crippen LogP contribution in [0, 0.1) is 0 Å². The van der Waals surface area contributed by atoms with Gasteiger partial charge in [0.25, 0.3) is 0 Å². The van der Waals surface area contributed by atoms with E-state index in [-0.39, 0.29) is 5.76 Å². The van der Waals surface area contributed by atoms with Crippen molar-refractivity contribution in [1.82, 2.24) is 9.80 Å². The number of rotatable bonds is 4. The first-order valence-electron chi connectivity index (χ1n) is 5.76. The van der Waals surface area contributed by atoms with E-state index in [2.05, 4.69) is 23.9 Å². The highest BCUT2D eigenvalue weighted by Crippen LogP contribution is 2.19. The molecular formula is C12H18N2O3. The molecule has 0 saturated carbocycles. The minimum Gasteiger partial charge on any atom is -0.475 e. The van der Waals surface area contributed by atoms with Gasteiger partial charge in [0.1, 0.15) is 0 Å². The number of aromatic carboxylic acids is 1. The van der Waals surface area contributed by atoms with Crippen molar-refractivity contribution in [2.45, 2.75) is 19.0 Å². The summed E-state index contributed by atoms with van der Waals surface area (Å²) in [6.45, 7) is 2.65. The molecule has 0 bridgehead atoms. The molecule has 1 N–H and O–H groups in total. The van der Waals surface area contributed by atoms with Gasteiger partial charge in [0.05, 0.1) is 6.26 Å². The van der Waals surface area contributed by atoms with Crippen LogP contribution in [-0.2, 0) is 6.54 Å². The molecule has 2 heterocycles. The van der Waals surface area contributed by atoms with Gasteiger partial charge in [-0.2, -0.15) is 0 Å². The zero-order valence-electron chi connectivity index (χ0n) is 10.2. The minimum atomic E-state index is -0.992. The molecule has 2 rings (SSSR count). The van der Waals surface area contributed by atoms with Gasteiger partial charge in [-0.05, 0) is 26.6 Å². The molecule has 0 spiro atoms. The third-order valence-corrected chi connectivity index (χ3v) is 3.31. The second kappa shape index (κ2) is 4.89. The molecule has 0 amide bonds. The molecule has 5 heteroatoms. The van der Waals surface area contributed by atoms with E-state index in [0.717, 1.165) is 25.1 Å². The molecule has 1 saturated heterocycles. The lowest BCUT2D eigenvalue weighted by molar-refractivity contribution is 0.0659. The highest BCUT2D eigenvalue weighted by atomic mass is 16.4. The Bertz CT molecular complexity index is 400. The fourth-order valence-corrected chi connectivity index (χ4v) is 2.27. The zero-order valence-corrected chi connectivity index (χ0v) is 10.2. The van der Waals surface area contributed by atoms with Crippen LogP contribution in [0.25, 0.3) is 0 Å². The van der Waals surface area contributed by atoms with Crippen molar-refractivity contribution in [3.63, 3.8) is 0 Å². The predicted octanol–water partition coefficient (Wildman–Crippen LogP) is 1.11. The lowest BCUT2D eigenvalue weighted by Gasteiger charge is -2.20. The smallest absolute Gasteiger partial charge is 0.372 e. The maximum atomic E-state index is 10.9. The lowest BCUT2D eigenvalue weighted by atomic mass is 10.2. The lowest BCUT2D eigenvalue weighted by Crippen LogP contribution is -2.31. The van der Waals surface area contributed by atoms with E-state index in [1.54, 1.807) is 6.07 Å². The number of carboxylic acid groups (broad SMARTS) is 1. The van der Waals surface area contributed by atoms with E-state index >= 15 is 0 Å². The van der Waals surface area contributed by atoms with Crippen LogP contribution in [-0.4, -0.2) is 54.1 Å². The number of nitrogens with zero attached hydrogens (tertiary/aromatic N) is 2. The summed E-state index contributed by atoms with van der Waals surface area (Å²) in [6, 6.07) is 2.31. The van der Waals surface area contributed by atoms with E-state index in [9.17, 15) is 4.79 Å². The van der Waals surface area contributed by atoms with E-state index in [0.29, 0.717) is 12.6 Å². The maximum absolute atomic E-state index is 10.9. The maximum Gasteiger partial charge on any atom is 0.372 e. The zero-order chi connectivity index (χ0) is 12.4. The number of furan rings is 1. The Morgan fingerprint density at radius 1 is 1.65 bits per heavy atom. The molecule has 1 fully saturated rings. The van der Waals surface area contributed by atoms with Crippen molar-refractivity contribution >= 4 is 5.97 Å². The topological polar surface area (TPSA) is 56.9 Å². The summed E-state index contributed by atoms with van der Waals surface area (Å²) >= 11 is 0. The van der Waals surface area contributed by atoms with Crippen molar-refractivity contribution in [1.29, 1.82) is 0 Å². The molecule has 1 aliphatic rings. The van der Waals surface area contributed by atoms with Crippen molar-refractivity contribution in [2.75, 3.05) is 27.2 Å². The molecule has 1 unspecified atom stereocenters. The summed E-state index contributed by atoms with van der Waals surface area (Å²) in [7, 11) is 4.16. The largest absolute Gasteiger partial charge is 0.475 e. The molecular weight excluding hydrogens is 220 g/mol. The Balaban J connectivity index is 1.98. The summed E-state index contributed by atoms with van der Waals surface area (Å²) in [5, 5.41) is 8.95. The summed E-state index contributed by atoms with van der Waals surface area (Å²) in [4.78, 5) is 15.4. The van der Waals surface area contributed by atoms with Crippen LogP contribution in [0.2, 0.25) is 0 Å². The SMILES string of the molecule is CN(C)C1CCN(Cc2ccoc2C(=O)O)C1. The number of carboxylic acids is 1. The van der Waals surface area contributed by atoms with E-state index in [1.807, 2.05) is 0 Å². The van der Waals surface area contributed by atoms with Crippen molar-refractivity contribution in [2.24, 2.45) is 0 Å². The second-order valence-electron chi connectivity index (χ2n) is 4.72. The summed E-state index contributed by atoms with van der Waals surface area (Å²) in [6.07, 6.45) is 2.57. The van der Waals surface area contributed by atoms with Gasteiger partial charge >= 0.3 is 5.97 Å². The fourth-order valence-electron chi connectivity index (χ4n) is 2.27. The van der Waals surface area contributed by atoms with Gasteiger partial charge in [0.15, 0.2) is 0 Å². The number of likely N-dealkylation sites (tertiary alicyclic amines) is 1. The molecule has 1 atom stereocenters. The third kappa shape index (κ3) is 2.68. The Morgan fingerprint density at radius 2 is 2.41 bits per heavy atom. The Hall–Kier alpha value is -1.33. The predicted molar refractivity (Wildman–Crippen MR) is 63.0 cm³/mol. The first kappa shape index (κ1) is 12.1. The number of hydrogen-bond donors (Lipinski definition) is 1. The molecule has 1 aromatic heterocycles. The standard InChI is InChI=1S/C12H18N2O3/c1-13(2)10-3-5-14(8-10)7-9-4-6-17-11(9)12(15)16/h4,6,10H,3,5,7-8H2,1-2H3,(H,15,16). The van der Waals surface area contributed by atoms with Crippen LogP contribution in [0.4, 0.5) is 0 Å².